The zero-order chi connectivity index (χ0) is 17.4. The fourth-order valence-corrected chi connectivity index (χ4v) is 4.51. The summed E-state index contributed by atoms with van der Waals surface area (Å²) in [6.07, 6.45) is 2.09. The van der Waals surface area contributed by atoms with Crippen LogP contribution in [0.1, 0.15) is 0 Å². The molecular formula is C17H19N5OS2. The van der Waals surface area contributed by atoms with Gasteiger partial charge in [0.05, 0.1) is 10.2 Å². The van der Waals surface area contributed by atoms with Crippen molar-refractivity contribution in [2.45, 2.75) is 4.90 Å². The molecule has 0 spiro atoms. The Balaban J connectivity index is 1.49. The third-order valence-corrected chi connectivity index (χ3v) is 6.21. The first kappa shape index (κ1) is 16.4. The van der Waals surface area contributed by atoms with Crippen molar-refractivity contribution >= 4 is 44.3 Å². The first-order valence-electron chi connectivity index (χ1n) is 8.13. The van der Waals surface area contributed by atoms with Crippen molar-refractivity contribution in [2.75, 3.05) is 42.2 Å². The molecule has 1 aliphatic heterocycles. The van der Waals surface area contributed by atoms with Gasteiger partial charge in [-0.3, -0.25) is 4.79 Å². The number of anilines is 2. The van der Waals surface area contributed by atoms with Gasteiger partial charge in [-0.05, 0) is 30.5 Å². The van der Waals surface area contributed by atoms with Crippen molar-refractivity contribution in [1.82, 2.24) is 14.8 Å². The molecule has 3 heterocycles. The molecule has 8 heteroatoms. The quantitative estimate of drug-likeness (QED) is 0.658. The Morgan fingerprint density at radius 3 is 2.56 bits per heavy atom. The van der Waals surface area contributed by atoms with E-state index in [9.17, 15) is 4.79 Å². The molecular weight excluding hydrogens is 354 g/mol. The average molecular weight is 374 g/mol. The fourth-order valence-electron chi connectivity index (χ4n) is 2.94. The van der Waals surface area contributed by atoms with Crippen LogP contribution >= 0.6 is 23.1 Å². The van der Waals surface area contributed by atoms with E-state index in [1.54, 1.807) is 42.3 Å². The Morgan fingerprint density at radius 2 is 1.84 bits per heavy atom. The standard InChI is InChI=1S/C17H19N5OS2/c1-20-16(23)6-5-15(19-20)21-7-9-22(10-8-21)17-18-13-4-3-12(24-2)11-14(13)25-17/h3-6,11H,7-10H2,1-2H3. The van der Waals surface area contributed by atoms with Crippen molar-refractivity contribution in [1.29, 1.82) is 0 Å². The Hall–Kier alpha value is -2.06. The molecule has 1 saturated heterocycles. The molecule has 0 aliphatic carbocycles. The fraction of sp³-hybridized carbons (Fsp3) is 0.353. The molecule has 3 aromatic rings. The van der Waals surface area contributed by atoms with Crippen LogP contribution in [0.2, 0.25) is 0 Å². The van der Waals surface area contributed by atoms with E-state index in [0.717, 1.165) is 42.6 Å². The highest BCUT2D eigenvalue weighted by Crippen LogP contribution is 2.32. The number of benzene rings is 1. The minimum Gasteiger partial charge on any atom is -0.352 e. The van der Waals surface area contributed by atoms with E-state index in [0.29, 0.717) is 0 Å². The van der Waals surface area contributed by atoms with Gasteiger partial charge in [-0.1, -0.05) is 11.3 Å². The number of fused-ring (bicyclic) bond motifs is 1. The largest absolute Gasteiger partial charge is 0.352 e. The maximum atomic E-state index is 11.5. The summed E-state index contributed by atoms with van der Waals surface area (Å²) in [6.45, 7) is 3.55. The predicted octanol–water partition coefficient (Wildman–Crippen LogP) is 2.44. The van der Waals surface area contributed by atoms with Crippen LogP contribution in [0.25, 0.3) is 10.2 Å². The lowest BCUT2D eigenvalue weighted by molar-refractivity contribution is 0.623. The Bertz CT molecular complexity index is 959. The highest BCUT2D eigenvalue weighted by atomic mass is 32.2. The molecule has 1 aliphatic rings. The number of hydrogen-bond donors (Lipinski definition) is 0. The normalized spacial score (nSPS) is 15.1. The number of nitrogens with zero attached hydrogens (tertiary/aromatic N) is 5. The van der Waals surface area contributed by atoms with Crippen molar-refractivity contribution in [3.8, 4) is 0 Å². The molecule has 0 bridgehead atoms. The summed E-state index contributed by atoms with van der Waals surface area (Å²) in [5.74, 6) is 0.857. The molecule has 1 fully saturated rings. The number of aryl methyl sites for hydroxylation is 1. The molecule has 4 rings (SSSR count). The Morgan fingerprint density at radius 1 is 1.08 bits per heavy atom. The molecule has 0 amide bonds. The van der Waals surface area contributed by atoms with Crippen LogP contribution < -0.4 is 15.4 Å². The number of hydrogen-bond acceptors (Lipinski definition) is 7. The van der Waals surface area contributed by atoms with Gasteiger partial charge in [0.1, 0.15) is 5.82 Å². The highest BCUT2D eigenvalue weighted by Gasteiger charge is 2.21. The zero-order valence-electron chi connectivity index (χ0n) is 14.2. The number of rotatable bonds is 3. The summed E-state index contributed by atoms with van der Waals surface area (Å²) in [6, 6.07) is 9.82. The molecule has 0 atom stereocenters. The van der Waals surface area contributed by atoms with Crippen LogP contribution in [0.5, 0.6) is 0 Å². The molecule has 0 radical (unpaired) electrons. The molecule has 130 valence electrons. The number of thioether (sulfide) groups is 1. The summed E-state index contributed by atoms with van der Waals surface area (Å²) in [5, 5.41) is 5.43. The third-order valence-electron chi connectivity index (χ3n) is 4.40. The summed E-state index contributed by atoms with van der Waals surface area (Å²) >= 11 is 3.51. The van der Waals surface area contributed by atoms with Gasteiger partial charge in [0, 0.05) is 44.2 Å². The zero-order valence-corrected chi connectivity index (χ0v) is 15.8. The van der Waals surface area contributed by atoms with Crippen LogP contribution in [0.15, 0.2) is 40.0 Å². The summed E-state index contributed by atoms with van der Waals surface area (Å²) < 4.78 is 2.63. The first-order valence-corrected chi connectivity index (χ1v) is 10.2. The lowest BCUT2D eigenvalue weighted by Gasteiger charge is -2.35. The van der Waals surface area contributed by atoms with Crippen LogP contribution in [0, 0.1) is 0 Å². The van der Waals surface area contributed by atoms with Gasteiger partial charge in [0.25, 0.3) is 5.56 Å². The van der Waals surface area contributed by atoms with E-state index in [-0.39, 0.29) is 5.56 Å². The lowest BCUT2D eigenvalue weighted by Crippen LogP contribution is -2.47. The van der Waals surface area contributed by atoms with Gasteiger partial charge in [-0.25, -0.2) is 9.67 Å². The highest BCUT2D eigenvalue weighted by molar-refractivity contribution is 7.98. The molecule has 2 aromatic heterocycles. The van der Waals surface area contributed by atoms with Crippen LogP contribution in [0.4, 0.5) is 10.9 Å². The second kappa shape index (κ2) is 6.68. The van der Waals surface area contributed by atoms with Crippen molar-refractivity contribution in [2.24, 2.45) is 7.05 Å². The lowest BCUT2D eigenvalue weighted by atomic mass is 10.3. The van der Waals surface area contributed by atoms with E-state index >= 15 is 0 Å². The minimum atomic E-state index is -0.0820. The van der Waals surface area contributed by atoms with Crippen molar-refractivity contribution in [3.05, 3.63) is 40.7 Å². The number of aromatic nitrogens is 3. The monoisotopic (exact) mass is 373 g/mol. The molecule has 25 heavy (non-hydrogen) atoms. The van der Waals surface area contributed by atoms with E-state index in [1.807, 2.05) is 0 Å². The topological polar surface area (TPSA) is 54.3 Å². The third kappa shape index (κ3) is 3.23. The van der Waals surface area contributed by atoms with Crippen LogP contribution in [-0.2, 0) is 7.05 Å². The van der Waals surface area contributed by atoms with Gasteiger partial charge in [0.15, 0.2) is 5.13 Å². The molecule has 6 nitrogen and oxygen atoms in total. The van der Waals surface area contributed by atoms with E-state index < -0.39 is 0 Å². The molecule has 1 aromatic carbocycles. The molecule has 0 saturated carbocycles. The number of thiazole rings is 1. The number of piperazine rings is 1. The van der Waals surface area contributed by atoms with Crippen molar-refractivity contribution < 1.29 is 0 Å². The maximum Gasteiger partial charge on any atom is 0.266 e. The minimum absolute atomic E-state index is 0.0820. The van der Waals surface area contributed by atoms with Gasteiger partial charge < -0.3 is 9.80 Å². The molecule has 0 N–H and O–H groups in total. The second-order valence-electron chi connectivity index (χ2n) is 5.96. The SMILES string of the molecule is CSc1ccc2nc(N3CCN(c4ccc(=O)n(C)n4)CC3)sc2c1. The average Bonchev–Trinajstić information content (AvgIpc) is 3.07. The van der Waals surface area contributed by atoms with Crippen molar-refractivity contribution in [3.63, 3.8) is 0 Å². The summed E-state index contributed by atoms with van der Waals surface area (Å²) in [5.41, 5.74) is 0.987. The van der Waals surface area contributed by atoms with Gasteiger partial charge in [-0.15, -0.1) is 11.8 Å². The van der Waals surface area contributed by atoms with Gasteiger partial charge in [-0.2, -0.15) is 5.10 Å². The van der Waals surface area contributed by atoms with E-state index in [4.69, 9.17) is 4.98 Å². The Kier molecular flexibility index (Phi) is 4.39. The summed E-state index contributed by atoms with van der Waals surface area (Å²) in [7, 11) is 1.69. The van der Waals surface area contributed by atoms with E-state index in [1.165, 1.54) is 14.3 Å². The first-order chi connectivity index (χ1) is 12.1. The van der Waals surface area contributed by atoms with Gasteiger partial charge in [0.2, 0.25) is 0 Å². The van der Waals surface area contributed by atoms with Crippen LogP contribution in [0.3, 0.4) is 0 Å². The van der Waals surface area contributed by atoms with E-state index in [2.05, 4.69) is 39.4 Å². The van der Waals surface area contributed by atoms with Gasteiger partial charge >= 0.3 is 0 Å². The molecule has 0 unspecified atom stereocenters. The summed E-state index contributed by atoms with van der Waals surface area (Å²) in [4.78, 5) is 22.1. The smallest absolute Gasteiger partial charge is 0.266 e. The Labute approximate surface area is 154 Å². The maximum absolute atomic E-state index is 11.5. The second-order valence-corrected chi connectivity index (χ2v) is 7.85. The predicted molar refractivity (Wildman–Crippen MR) is 105 cm³/mol. The van der Waals surface area contributed by atoms with Crippen LogP contribution in [-0.4, -0.2) is 47.2 Å².